The maximum absolute atomic E-state index is 12.5. The summed E-state index contributed by atoms with van der Waals surface area (Å²) in [5.74, 6) is 0.966. The van der Waals surface area contributed by atoms with Gasteiger partial charge in [0.15, 0.2) is 0 Å². The molecule has 0 heterocycles. The maximum Gasteiger partial charge on any atom is 0.339 e. The first-order valence-electron chi connectivity index (χ1n) is 7.06. The van der Waals surface area contributed by atoms with Crippen molar-refractivity contribution >= 4 is 10.1 Å². The predicted octanol–water partition coefficient (Wildman–Crippen LogP) is 3.64. The third-order valence-electron chi connectivity index (χ3n) is 3.50. The largest absolute Gasteiger partial charge is 0.496 e. The van der Waals surface area contributed by atoms with E-state index >= 15 is 0 Å². The molecule has 0 aliphatic carbocycles. The van der Waals surface area contributed by atoms with E-state index in [0.29, 0.717) is 17.1 Å². The Morgan fingerprint density at radius 2 is 1.64 bits per heavy atom. The molecule has 0 radical (unpaired) electrons. The molecule has 0 aromatic heterocycles. The highest BCUT2D eigenvalue weighted by atomic mass is 32.2. The van der Waals surface area contributed by atoms with Crippen molar-refractivity contribution in [2.45, 2.75) is 32.1 Å². The second kappa shape index (κ2) is 6.40. The first-order chi connectivity index (χ1) is 10.4. The van der Waals surface area contributed by atoms with Gasteiger partial charge in [-0.15, -0.1) is 0 Å². The molecule has 22 heavy (non-hydrogen) atoms. The third-order valence-corrected chi connectivity index (χ3v) is 4.89. The smallest absolute Gasteiger partial charge is 0.339 e. The van der Waals surface area contributed by atoms with E-state index < -0.39 is 10.1 Å². The van der Waals surface area contributed by atoms with Crippen molar-refractivity contribution < 1.29 is 17.3 Å². The molecular formula is C17H20O4S. The lowest BCUT2D eigenvalue weighted by atomic mass is 10.1. The molecule has 0 aliphatic heterocycles. The van der Waals surface area contributed by atoms with Crippen LogP contribution in [0.25, 0.3) is 0 Å². The van der Waals surface area contributed by atoms with Gasteiger partial charge in [-0.2, -0.15) is 8.42 Å². The first-order valence-corrected chi connectivity index (χ1v) is 8.47. The van der Waals surface area contributed by atoms with E-state index in [0.717, 1.165) is 17.5 Å². The number of rotatable bonds is 5. The SMILES string of the molecule is CCc1ccc(OS(=O)(=O)c2cc(C)c(OC)cc2C)cc1. The molecule has 0 bridgehead atoms. The van der Waals surface area contributed by atoms with Crippen molar-refractivity contribution in [1.82, 2.24) is 0 Å². The van der Waals surface area contributed by atoms with Gasteiger partial charge in [0.05, 0.1) is 7.11 Å². The lowest BCUT2D eigenvalue weighted by Gasteiger charge is -2.12. The van der Waals surface area contributed by atoms with Gasteiger partial charge < -0.3 is 8.92 Å². The molecule has 0 saturated heterocycles. The molecule has 0 fully saturated rings. The van der Waals surface area contributed by atoms with Crippen molar-refractivity contribution in [3.05, 3.63) is 53.1 Å². The molecule has 0 unspecified atom stereocenters. The average Bonchev–Trinajstić information content (AvgIpc) is 2.49. The van der Waals surface area contributed by atoms with Gasteiger partial charge in [-0.1, -0.05) is 19.1 Å². The summed E-state index contributed by atoms with van der Waals surface area (Å²) >= 11 is 0. The van der Waals surface area contributed by atoms with E-state index in [9.17, 15) is 8.42 Å². The van der Waals surface area contributed by atoms with Crippen LogP contribution in [0.3, 0.4) is 0 Å². The number of hydrogen-bond acceptors (Lipinski definition) is 4. The summed E-state index contributed by atoms with van der Waals surface area (Å²) in [7, 11) is -2.31. The number of benzene rings is 2. The Morgan fingerprint density at radius 1 is 1.00 bits per heavy atom. The molecule has 0 atom stereocenters. The van der Waals surface area contributed by atoms with Crippen LogP contribution in [0.1, 0.15) is 23.6 Å². The molecule has 0 aliphatic rings. The molecule has 2 rings (SSSR count). The van der Waals surface area contributed by atoms with Gasteiger partial charge in [-0.05, 0) is 61.2 Å². The summed E-state index contributed by atoms with van der Waals surface area (Å²) in [6, 6.07) is 10.3. The number of hydrogen-bond donors (Lipinski definition) is 0. The molecule has 0 amide bonds. The van der Waals surface area contributed by atoms with Gasteiger partial charge in [0.1, 0.15) is 16.4 Å². The Kier molecular flexibility index (Phi) is 4.76. The van der Waals surface area contributed by atoms with E-state index in [2.05, 4.69) is 0 Å². The molecule has 5 heteroatoms. The highest BCUT2D eigenvalue weighted by molar-refractivity contribution is 7.87. The summed E-state index contributed by atoms with van der Waals surface area (Å²) in [6.07, 6.45) is 0.893. The molecule has 0 saturated carbocycles. The van der Waals surface area contributed by atoms with Crippen LogP contribution in [0, 0.1) is 13.8 Å². The molecule has 2 aromatic carbocycles. The van der Waals surface area contributed by atoms with Crippen LogP contribution in [-0.4, -0.2) is 15.5 Å². The molecule has 0 N–H and O–H groups in total. The lowest BCUT2D eigenvalue weighted by molar-refractivity contribution is 0.410. The van der Waals surface area contributed by atoms with Gasteiger partial charge in [0.25, 0.3) is 0 Å². The quantitative estimate of drug-likeness (QED) is 0.789. The van der Waals surface area contributed by atoms with Gasteiger partial charge >= 0.3 is 10.1 Å². The Bertz CT molecular complexity index is 762. The third kappa shape index (κ3) is 3.42. The van der Waals surface area contributed by atoms with Crippen molar-refractivity contribution in [3.8, 4) is 11.5 Å². The van der Waals surface area contributed by atoms with E-state index in [1.54, 1.807) is 45.2 Å². The highest BCUT2D eigenvalue weighted by Gasteiger charge is 2.21. The molecule has 0 spiro atoms. The van der Waals surface area contributed by atoms with E-state index in [-0.39, 0.29) is 4.90 Å². The van der Waals surface area contributed by atoms with Crippen LogP contribution in [0.2, 0.25) is 0 Å². The normalized spacial score (nSPS) is 11.3. The van der Waals surface area contributed by atoms with Gasteiger partial charge in [0.2, 0.25) is 0 Å². The molecule has 118 valence electrons. The van der Waals surface area contributed by atoms with Crippen LogP contribution in [0.5, 0.6) is 11.5 Å². The minimum Gasteiger partial charge on any atom is -0.496 e. The topological polar surface area (TPSA) is 52.6 Å². The minimum atomic E-state index is -3.87. The minimum absolute atomic E-state index is 0.158. The predicted molar refractivity (Wildman–Crippen MR) is 86.1 cm³/mol. The Morgan fingerprint density at radius 3 is 2.18 bits per heavy atom. The van der Waals surface area contributed by atoms with E-state index in [1.165, 1.54) is 0 Å². The molecule has 4 nitrogen and oxygen atoms in total. The van der Waals surface area contributed by atoms with Gasteiger partial charge in [-0.25, -0.2) is 0 Å². The lowest BCUT2D eigenvalue weighted by Crippen LogP contribution is -2.12. The molecular weight excluding hydrogens is 300 g/mol. The second-order valence-electron chi connectivity index (χ2n) is 5.12. The Balaban J connectivity index is 2.35. The standard InChI is InChI=1S/C17H20O4S/c1-5-14-6-8-15(9-7-14)21-22(18,19)17-11-12(2)16(20-4)10-13(17)3/h6-11H,5H2,1-4H3. The van der Waals surface area contributed by atoms with Crippen LogP contribution < -0.4 is 8.92 Å². The van der Waals surface area contributed by atoms with Crippen molar-refractivity contribution in [2.75, 3.05) is 7.11 Å². The number of methoxy groups -OCH3 is 1. The Hall–Kier alpha value is -2.01. The summed E-state index contributed by atoms with van der Waals surface area (Å²) in [5.41, 5.74) is 2.46. The van der Waals surface area contributed by atoms with Crippen LogP contribution >= 0.6 is 0 Å². The summed E-state index contributed by atoms with van der Waals surface area (Å²) in [6.45, 7) is 5.56. The fraction of sp³-hybridized carbons (Fsp3) is 0.294. The summed E-state index contributed by atoms with van der Waals surface area (Å²) < 4.78 is 35.4. The Labute approximate surface area is 131 Å². The van der Waals surface area contributed by atoms with Crippen LogP contribution in [0.4, 0.5) is 0 Å². The zero-order valence-electron chi connectivity index (χ0n) is 13.2. The van der Waals surface area contributed by atoms with Crippen molar-refractivity contribution in [1.29, 1.82) is 0 Å². The van der Waals surface area contributed by atoms with Crippen molar-refractivity contribution in [3.63, 3.8) is 0 Å². The van der Waals surface area contributed by atoms with Crippen LogP contribution in [-0.2, 0) is 16.5 Å². The highest BCUT2D eigenvalue weighted by Crippen LogP contribution is 2.27. The average molecular weight is 320 g/mol. The van der Waals surface area contributed by atoms with Crippen molar-refractivity contribution in [2.24, 2.45) is 0 Å². The van der Waals surface area contributed by atoms with Gasteiger partial charge in [-0.3, -0.25) is 0 Å². The van der Waals surface area contributed by atoms with E-state index in [4.69, 9.17) is 8.92 Å². The first kappa shape index (κ1) is 16.4. The van der Waals surface area contributed by atoms with Gasteiger partial charge in [0, 0.05) is 0 Å². The second-order valence-corrected chi connectivity index (χ2v) is 6.64. The number of aryl methyl sites for hydroxylation is 3. The zero-order chi connectivity index (χ0) is 16.3. The van der Waals surface area contributed by atoms with E-state index in [1.807, 2.05) is 19.1 Å². The molecule has 2 aromatic rings. The van der Waals surface area contributed by atoms with Crippen LogP contribution in [0.15, 0.2) is 41.3 Å². The number of ether oxygens (including phenoxy) is 1. The fourth-order valence-corrected chi connectivity index (χ4v) is 3.43. The fourth-order valence-electron chi connectivity index (χ4n) is 2.20. The maximum atomic E-state index is 12.5. The zero-order valence-corrected chi connectivity index (χ0v) is 14.0. The monoisotopic (exact) mass is 320 g/mol. The summed E-state index contributed by atoms with van der Waals surface area (Å²) in [5, 5.41) is 0. The summed E-state index contributed by atoms with van der Waals surface area (Å²) in [4.78, 5) is 0.158.